The SMILES string of the molecule is COC(=O)Cc1ncc(OC)cc1F. The summed E-state index contributed by atoms with van der Waals surface area (Å²) in [6.45, 7) is 0. The molecule has 1 aromatic rings. The van der Waals surface area contributed by atoms with Gasteiger partial charge in [0.2, 0.25) is 0 Å². The standard InChI is InChI=1S/C9H10FNO3/c1-13-6-3-7(10)8(11-5-6)4-9(12)14-2/h3,5H,4H2,1-2H3. The van der Waals surface area contributed by atoms with Gasteiger partial charge >= 0.3 is 5.97 Å². The molecular weight excluding hydrogens is 189 g/mol. The van der Waals surface area contributed by atoms with E-state index in [1.54, 1.807) is 0 Å². The third-order valence-electron chi connectivity index (χ3n) is 1.67. The summed E-state index contributed by atoms with van der Waals surface area (Å²) < 4.78 is 22.3. The van der Waals surface area contributed by atoms with Gasteiger partial charge in [0.1, 0.15) is 11.6 Å². The zero-order chi connectivity index (χ0) is 10.6. The minimum Gasteiger partial charge on any atom is -0.495 e. The van der Waals surface area contributed by atoms with E-state index in [1.807, 2.05) is 0 Å². The molecule has 0 fully saturated rings. The summed E-state index contributed by atoms with van der Waals surface area (Å²) in [5.41, 5.74) is 0.0534. The molecule has 14 heavy (non-hydrogen) atoms. The Balaban J connectivity index is 2.83. The average molecular weight is 199 g/mol. The minimum atomic E-state index is -0.574. The van der Waals surface area contributed by atoms with Crippen molar-refractivity contribution in [3.8, 4) is 5.75 Å². The van der Waals surface area contributed by atoms with Gasteiger partial charge < -0.3 is 9.47 Å². The monoisotopic (exact) mass is 199 g/mol. The molecule has 0 atom stereocenters. The zero-order valence-corrected chi connectivity index (χ0v) is 7.91. The second-order valence-corrected chi connectivity index (χ2v) is 2.56. The lowest BCUT2D eigenvalue weighted by molar-refractivity contribution is -0.139. The Morgan fingerprint density at radius 1 is 1.57 bits per heavy atom. The van der Waals surface area contributed by atoms with Gasteiger partial charge in [0.05, 0.1) is 32.5 Å². The molecule has 0 amide bonds. The number of esters is 1. The van der Waals surface area contributed by atoms with Crippen molar-refractivity contribution in [1.82, 2.24) is 4.98 Å². The van der Waals surface area contributed by atoms with Gasteiger partial charge in [-0.15, -0.1) is 0 Å². The van der Waals surface area contributed by atoms with Gasteiger partial charge in [-0.05, 0) is 0 Å². The summed E-state index contributed by atoms with van der Waals surface area (Å²) in [6.07, 6.45) is 1.17. The number of nitrogens with zero attached hydrogens (tertiary/aromatic N) is 1. The van der Waals surface area contributed by atoms with Crippen LogP contribution in [0.25, 0.3) is 0 Å². The first kappa shape index (κ1) is 10.4. The molecular formula is C9H10FNO3. The molecule has 4 nitrogen and oxygen atoms in total. The van der Waals surface area contributed by atoms with Gasteiger partial charge in [-0.1, -0.05) is 0 Å². The first-order chi connectivity index (χ1) is 6.67. The van der Waals surface area contributed by atoms with E-state index < -0.39 is 11.8 Å². The molecule has 1 rings (SSSR count). The Morgan fingerprint density at radius 3 is 2.79 bits per heavy atom. The van der Waals surface area contributed by atoms with Crippen molar-refractivity contribution in [3.63, 3.8) is 0 Å². The van der Waals surface area contributed by atoms with Gasteiger partial charge in [-0.2, -0.15) is 0 Å². The van der Waals surface area contributed by atoms with Crippen LogP contribution in [0.15, 0.2) is 12.3 Å². The summed E-state index contributed by atoms with van der Waals surface area (Å²) >= 11 is 0. The fourth-order valence-electron chi connectivity index (χ4n) is 0.899. The van der Waals surface area contributed by atoms with Crippen LogP contribution in [0, 0.1) is 5.82 Å². The first-order valence-electron chi connectivity index (χ1n) is 3.92. The fourth-order valence-corrected chi connectivity index (χ4v) is 0.899. The molecule has 0 aliphatic carbocycles. The van der Waals surface area contributed by atoms with Crippen molar-refractivity contribution in [1.29, 1.82) is 0 Å². The van der Waals surface area contributed by atoms with Crippen LogP contribution >= 0.6 is 0 Å². The Labute approximate surface area is 80.7 Å². The molecule has 1 aromatic heterocycles. The molecule has 0 aliphatic rings. The zero-order valence-electron chi connectivity index (χ0n) is 7.91. The number of rotatable bonds is 3. The topological polar surface area (TPSA) is 48.4 Å². The minimum absolute atomic E-state index is 0.0534. The van der Waals surface area contributed by atoms with Crippen LogP contribution < -0.4 is 4.74 Å². The third kappa shape index (κ3) is 2.42. The van der Waals surface area contributed by atoms with Crippen molar-refractivity contribution < 1.29 is 18.7 Å². The fraction of sp³-hybridized carbons (Fsp3) is 0.333. The number of aromatic nitrogens is 1. The van der Waals surface area contributed by atoms with Crippen molar-refractivity contribution >= 4 is 5.97 Å². The van der Waals surface area contributed by atoms with Gasteiger partial charge in [0, 0.05) is 6.07 Å². The third-order valence-corrected chi connectivity index (χ3v) is 1.67. The normalized spacial score (nSPS) is 9.64. The Hall–Kier alpha value is -1.65. The highest BCUT2D eigenvalue weighted by Gasteiger charge is 2.10. The highest BCUT2D eigenvalue weighted by atomic mass is 19.1. The maximum Gasteiger partial charge on any atom is 0.311 e. The molecule has 0 unspecified atom stereocenters. The van der Waals surface area contributed by atoms with E-state index in [-0.39, 0.29) is 12.1 Å². The summed E-state index contributed by atoms with van der Waals surface area (Å²) in [6, 6.07) is 1.17. The number of carbonyl (C=O) groups excluding carboxylic acids is 1. The molecule has 5 heteroatoms. The summed E-state index contributed by atoms with van der Waals surface area (Å²) in [7, 11) is 2.65. The van der Waals surface area contributed by atoms with E-state index in [0.29, 0.717) is 5.75 Å². The molecule has 1 heterocycles. The number of methoxy groups -OCH3 is 2. The van der Waals surface area contributed by atoms with Gasteiger partial charge in [-0.3, -0.25) is 9.78 Å². The Morgan fingerprint density at radius 2 is 2.29 bits per heavy atom. The number of carbonyl (C=O) groups is 1. The number of hydrogen-bond acceptors (Lipinski definition) is 4. The Kier molecular flexibility index (Phi) is 3.39. The van der Waals surface area contributed by atoms with Crippen LogP contribution in [0.2, 0.25) is 0 Å². The maximum absolute atomic E-state index is 13.2. The van der Waals surface area contributed by atoms with Crippen molar-refractivity contribution in [2.75, 3.05) is 14.2 Å². The van der Waals surface area contributed by atoms with E-state index in [2.05, 4.69) is 9.72 Å². The van der Waals surface area contributed by atoms with E-state index in [0.717, 1.165) is 0 Å². The van der Waals surface area contributed by atoms with Crippen LogP contribution in [0.3, 0.4) is 0 Å². The smallest absolute Gasteiger partial charge is 0.311 e. The van der Waals surface area contributed by atoms with Gasteiger partial charge in [0.25, 0.3) is 0 Å². The van der Waals surface area contributed by atoms with E-state index in [1.165, 1.54) is 26.5 Å². The van der Waals surface area contributed by atoms with E-state index >= 15 is 0 Å². The molecule has 0 bridgehead atoms. The van der Waals surface area contributed by atoms with Crippen molar-refractivity contribution in [3.05, 3.63) is 23.8 Å². The first-order valence-corrected chi connectivity index (χ1v) is 3.92. The number of hydrogen-bond donors (Lipinski definition) is 0. The van der Waals surface area contributed by atoms with Crippen LogP contribution in [0.4, 0.5) is 4.39 Å². The number of ether oxygens (including phenoxy) is 2. The molecule has 0 aromatic carbocycles. The molecule has 0 saturated heterocycles. The van der Waals surface area contributed by atoms with E-state index in [4.69, 9.17) is 4.74 Å². The van der Waals surface area contributed by atoms with Crippen LogP contribution in [0.1, 0.15) is 5.69 Å². The summed E-state index contributed by atoms with van der Waals surface area (Å²) in [5, 5.41) is 0. The lowest BCUT2D eigenvalue weighted by Crippen LogP contribution is -2.08. The Bertz CT molecular complexity index is 341. The lowest BCUT2D eigenvalue weighted by atomic mass is 10.2. The van der Waals surface area contributed by atoms with Crippen LogP contribution in [-0.4, -0.2) is 25.2 Å². The maximum atomic E-state index is 13.2. The molecule has 0 aliphatic heterocycles. The van der Waals surface area contributed by atoms with Gasteiger partial charge in [0.15, 0.2) is 0 Å². The highest BCUT2D eigenvalue weighted by molar-refractivity contribution is 5.71. The predicted molar refractivity (Wildman–Crippen MR) is 46.5 cm³/mol. The average Bonchev–Trinajstić information content (AvgIpc) is 2.20. The number of halogens is 1. The van der Waals surface area contributed by atoms with Crippen LogP contribution in [-0.2, 0) is 16.0 Å². The van der Waals surface area contributed by atoms with Crippen LogP contribution in [0.5, 0.6) is 5.75 Å². The van der Waals surface area contributed by atoms with Crippen molar-refractivity contribution in [2.24, 2.45) is 0 Å². The number of pyridine rings is 1. The van der Waals surface area contributed by atoms with E-state index in [9.17, 15) is 9.18 Å². The summed E-state index contributed by atoms with van der Waals surface area (Å²) in [4.78, 5) is 14.6. The largest absolute Gasteiger partial charge is 0.495 e. The lowest BCUT2D eigenvalue weighted by Gasteiger charge is -2.03. The molecule has 0 saturated carbocycles. The second-order valence-electron chi connectivity index (χ2n) is 2.56. The predicted octanol–water partition coefficient (Wildman–Crippen LogP) is 0.945. The molecule has 0 radical (unpaired) electrons. The second kappa shape index (κ2) is 4.55. The van der Waals surface area contributed by atoms with Gasteiger partial charge in [-0.25, -0.2) is 4.39 Å². The molecule has 0 spiro atoms. The summed E-state index contributed by atoms with van der Waals surface area (Å²) in [5.74, 6) is -0.785. The van der Waals surface area contributed by atoms with Crippen molar-refractivity contribution in [2.45, 2.75) is 6.42 Å². The molecule has 76 valence electrons. The molecule has 0 N–H and O–H groups in total. The quantitative estimate of drug-likeness (QED) is 0.680. The highest BCUT2D eigenvalue weighted by Crippen LogP contribution is 2.13.